The van der Waals surface area contributed by atoms with E-state index in [1.807, 2.05) is 0 Å². The van der Waals surface area contributed by atoms with E-state index in [2.05, 4.69) is 9.97 Å². The molecule has 0 fully saturated rings. The number of alkyl halides is 1. The van der Waals surface area contributed by atoms with E-state index < -0.39 is 0 Å². The molecule has 0 atom stereocenters. The van der Waals surface area contributed by atoms with E-state index in [0.717, 1.165) is 5.56 Å². The summed E-state index contributed by atoms with van der Waals surface area (Å²) in [6.07, 6.45) is 0.633. The monoisotopic (exact) mass is 279 g/mol. The van der Waals surface area contributed by atoms with Gasteiger partial charge in [0, 0.05) is 12.1 Å². The van der Waals surface area contributed by atoms with E-state index in [9.17, 15) is 4.79 Å². The number of carbonyl (C=O) groups excluding carboxylic acids is 1. The van der Waals surface area contributed by atoms with Crippen LogP contribution in [0.1, 0.15) is 11.3 Å². The molecule has 0 aromatic carbocycles. The first-order valence-corrected chi connectivity index (χ1v) is 5.95. The van der Waals surface area contributed by atoms with E-state index >= 15 is 0 Å². The number of hydrogen-bond acceptors (Lipinski definition) is 3. The minimum atomic E-state index is -0.113. The largest absolute Gasteiger partial charge is 0.335 e. The van der Waals surface area contributed by atoms with Crippen molar-refractivity contribution in [2.75, 3.05) is 12.4 Å². The Morgan fingerprint density at radius 2 is 2.12 bits per heavy atom. The summed E-state index contributed by atoms with van der Waals surface area (Å²) in [6, 6.07) is 0. The Bertz CT molecular complexity index is 438. The molecule has 86 valence electrons. The van der Waals surface area contributed by atoms with Crippen LogP contribution < -0.4 is 0 Å². The fourth-order valence-electron chi connectivity index (χ4n) is 1.65. The molecule has 1 aromatic rings. The zero-order chi connectivity index (χ0) is 11.7. The Hall–Kier alpha value is -0.580. The normalized spacial score (nSPS) is 14.8. The average Bonchev–Trinajstić information content (AvgIpc) is 2.27. The molecule has 1 aliphatic heterocycles. The molecular weight excluding hydrogens is 272 g/mol. The topological polar surface area (TPSA) is 46.1 Å². The predicted molar refractivity (Wildman–Crippen MR) is 61.9 cm³/mol. The first-order chi connectivity index (χ1) is 7.61. The lowest BCUT2D eigenvalue weighted by atomic mass is 10.1. The summed E-state index contributed by atoms with van der Waals surface area (Å²) in [5, 5.41) is 0.469. The third-order valence-corrected chi connectivity index (χ3v) is 3.16. The third-order valence-electron chi connectivity index (χ3n) is 2.45. The summed E-state index contributed by atoms with van der Waals surface area (Å²) < 4.78 is 0. The Balaban J connectivity index is 2.30. The van der Waals surface area contributed by atoms with Crippen LogP contribution in [-0.2, 0) is 17.8 Å². The lowest BCUT2D eigenvalue weighted by molar-refractivity contribution is -0.129. The van der Waals surface area contributed by atoms with E-state index in [-0.39, 0.29) is 17.1 Å². The summed E-state index contributed by atoms with van der Waals surface area (Å²) in [5.41, 5.74) is 1.57. The minimum Gasteiger partial charge on any atom is -0.335 e. The van der Waals surface area contributed by atoms with E-state index in [4.69, 9.17) is 34.8 Å². The molecular formula is C9H8Cl3N3O. The average molecular weight is 281 g/mol. The number of nitrogens with zero attached hydrogens (tertiary/aromatic N) is 3. The van der Waals surface area contributed by atoms with Crippen LogP contribution >= 0.6 is 34.8 Å². The Kier molecular flexibility index (Phi) is 3.52. The summed E-state index contributed by atoms with van der Waals surface area (Å²) in [5.74, 6) is -0.139. The van der Waals surface area contributed by atoms with Gasteiger partial charge in [0.2, 0.25) is 11.2 Å². The molecule has 0 saturated heterocycles. The summed E-state index contributed by atoms with van der Waals surface area (Å²) in [6.45, 7) is 0.978. The van der Waals surface area contributed by atoms with Gasteiger partial charge in [-0.3, -0.25) is 4.79 Å². The van der Waals surface area contributed by atoms with Gasteiger partial charge in [-0.2, -0.15) is 0 Å². The van der Waals surface area contributed by atoms with Crippen LogP contribution in [0.15, 0.2) is 0 Å². The molecule has 2 rings (SSSR count). The first kappa shape index (κ1) is 11.9. The molecule has 0 N–H and O–H groups in total. The fraction of sp³-hybridized carbons (Fsp3) is 0.444. The molecule has 1 amide bonds. The highest BCUT2D eigenvalue weighted by molar-refractivity contribution is 6.32. The van der Waals surface area contributed by atoms with E-state index in [1.165, 1.54) is 0 Å². The predicted octanol–water partition coefficient (Wildman–Crippen LogP) is 1.91. The zero-order valence-corrected chi connectivity index (χ0v) is 10.5. The lowest BCUT2D eigenvalue weighted by Gasteiger charge is -2.27. The SMILES string of the molecule is O=C(CCl)N1CCc2c(Cl)nc(Cl)nc2C1. The second-order valence-corrected chi connectivity index (χ2v) is 4.37. The van der Waals surface area contributed by atoms with E-state index in [0.29, 0.717) is 30.4 Å². The van der Waals surface area contributed by atoms with Crippen molar-refractivity contribution in [3.8, 4) is 0 Å². The van der Waals surface area contributed by atoms with Gasteiger partial charge in [0.25, 0.3) is 0 Å². The molecule has 1 aromatic heterocycles. The molecule has 0 saturated carbocycles. The molecule has 16 heavy (non-hydrogen) atoms. The zero-order valence-electron chi connectivity index (χ0n) is 8.21. The summed E-state index contributed by atoms with van der Waals surface area (Å²) in [7, 11) is 0. The highest BCUT2D eigenvalue weighted by Gasteiger charge is 2.23. The number of halogens is 3. The van der Waals surface area contributed by atoms with Crippen molar-refractivity contribution in [3.05, 3.63) is 21.7 Å². The van der Waals surface area contributed by atoms with Gasteiger partial charge in [0.05, 0.1) is 12.2 Å². The smallest absolute Gasteiger partial charge is 0.237 e. The molecule has 4 nitrogen and oxygen atoms in total. The first-order valence-electron chi connectivity index (χ1n) is 4.66. The molecule has 0 unspecified atom stereocenters. The van der Waals surface area contributed by atoms with Crippen LogP contribution in [0.25, 0.3) is 0 Å². The van der Waals surface area contributed by atoms with Gasteiger partial charge in [-0.1, -0.05) is 11.6 Å². The summed E-state index contributed by atoms with van der Waals surface area (Å²) in [4.78, 5) is 21.0. The van der Waals surface area contributed by atoms with Gasteiger partial charge < -0.3 is 4.90 Å². The third kappa shape index (κ3) is 2.24. The van der Waals surface area contributed by atoms with Crippen molar-refractivity contribution >= 4 is 40.7 Å². The van der Waals surface area contributed by atoms with Crippen molar-refractivity contribution in [2.45, 2.75) is 13.0 Å². The van der Waals surface area contributed by atoms with Crippen LogP contribution in [0.2, 0.25) is 10.4 Å². The van der Waals surface area contributed by atoms with Gasteiger partial charge in [-0.05, 0) is 18.0 Å². The highest BCUT2D eigenvalue weighted by atomic mass is 35.5. The quantitative estimate of drug-likeness (QED) is 0.448. The maximum absolute atomic E-state index is 11.4. The van der Waals surface area contributed by atoms with E-state index in [1.54, 1.807) is 4.90 Å². The number of fused-ring (bicyclic) bond motifs is 1. The Labute approximate surface area is 108 Å². The van der Waals surface area contributed by atoms with Crippen molar-refractivity contribution in [2.24, 2.45) is 0 Å². The molecule has 0 aliphatic carbocycles. The molecule has 7 heteroatoms. The lowest BCUT2D eigenvalue weighted by Crippen LogP contribution is -2.37. The van der Waals surface area contributed by atoms with Crippen molar-refractivity contribution in [1.82, 2.24) is 14.9 Å². The molecule has 0 bridgehead atoms. The fourth-order valence-corrected chi connectivity index (χ4v) is 2.34. The van der Waals surface area contributed by atoms with Gasteiger partial charge in [0.1, 0.15) is 11.0 Å². The highest BCUT2D eigenvalue weighted by Crippen LogP contribution is 2.24. The van der Waals surface area contributed by atoms with Crippen LogP contribution in [0.5, 0.6) is 0 Å². The number of aromatic nitrogens is 2. The number of hydrogen-bond donors (Lipinski definition) is 0. The maximum atomic E-state index is 11.4. The molecule has 0 radical (unpaired) electrons. The van der Waals surface area contributed by atoms with Gasteiger partial charge >= 0.3 is 0 Å². The summed E-state index contributed by atoms with van der Waals surface area (Å²) >= 11 is 17.1. The number of amides is 1. The van der Waals surface area contributed by atoms with Crippen molar-refractivity contribution < 1.29 is 4.79 Å². The van der Waals surface area contributed by atoms with Crippen LogP contribution in [0, 0.1) is 0 Å². The van der Waals surface area contributed by atoms with Gasteiger partial charge in [-0.15, -0.1) is 11.6 Å². The van der Waals surface area contributed by atoms with Crippen LogP contribution in [0.4, 0.5) is 0 Å². The standard InChI is InChI=1S/C9H8Cl3N3O/c10-3-7(16)15-2-1-5-6(4-15)13-9(12)14-8(5)11/h1-4H2. The maximum Gasteiger partial charge on any atom is 0.237 e. The molecule has 2 heterocycles. The van der Waals surface area contributed by atoms with Gasteiger partial charge in [-0.25, -0.2) is 9.97 Å². The minimum absolute atomic E-state index is 0.0259. The Morgan fingerprint density at radius 1 is 1.38 bits per heavy atom. The van der Waals surface area contributed by atoms with Crippen LogP contribution in [0.3, 0.4) is 0 Å². The van der Waals surface area contributed by atoms with Crippen molar-refractivity contribution in [3.63, 3.8) is 0 Å². The van der Waals surface area contributed by atoms with Crippen LogP contribution in [-0.4, -0.2) is 33.2 Å². The second-order valence-electron chi connectivity index (χ2n) is 3.41. The molecule has 1 aliphatic rings. The van der Waals surface area contributed by atoms with Crippen molar-refractivity contribution in [1.29, 1.82) is 0 Å². The second kappa shape index (κ2) is 4.73. The Morgan fingerprint density at radius 3 is 2.81 bits per heavy atom. The number of rotatable bonds is 1. The molecule has 0 spiro atoms. The number of carbonyl (C=O) groups is 1. The van der Waals surface area contributed by atoms with Gasteiger partial charge in [0.15, 0.2) is 0 Å².